The maximum Gasteiger partial charge on any atom is 0.0968 e. The third kappa shape index (κ3) is 4.21. The lowest BCUT2D eigenvalue weighted by Crippen LogP contribution is -2.23. The molecular formula is C9H15FIN. The molecule has 0 aromatic rings. The van der Waals surface area contributed by atoms with E-state index < -0.39 is 0 Å². The molecule has 0 heterocycles. The summed E-state index contributed by atoms with van der Waals surface area (Å²) in [5, 5.41) is 0. The van der Waals surface area contributed by atoms with Crippen LogP contribution in [0.5, 0.6) is 0 Å². The first-order chi connectivity index (χ1) is 5.40. The molecule has 0 saturated heterocycles. The van der Waals surface area contributed by atoms with E-state index in [0.29, 0.717) is 6.54 Å². The lowest BCUT2D eigenvalue weighted by Gasteiger charge is -2.21. The second-order valence-corrected chi connectivity index (χ2v) is 4.52. The summed E-state index contributed by atoms with van der Waals surface area (Å²) < 4.78 is 13.4. The molecule has 1 nitrogen and oxygen atoms in total. The molecule has 0 aliphatic rings. The van der Waals surface area contributed by atoms with Crippen molar-refractivity contribution in [3.8, 4) is 0 Å². The minimum absolute atomic E-state index is 0.0491. The van der Waals surface area contributed by atoms with Gasteiger partial charge in [-0.3, -0.25) is 0 Å². The number of rotatable bonds is 3. The average Bonchev–Trinajstić information content (AvgIpc) is 2.00. The van der Waals surface area contributed by atoms with Crippen molar-refractivity contribution in [1.82, 2.24) is 0 Å². The molecule has 12 heavy (non-hydrogen) atoms. The van der Waals surface area contributed by atoms with Gasteiger partial charge < -0.3 is 5.73 Å². The van der Waals surface area contributed by atoms with Crippen LogP contribution in [0.3, 0.4) is 0 Å². The molecule has 0 aromatic heterocycles. The Hall–Kier alpha value is 0.1000. The number of nitrogens with two attached hydrogens (primary N) is 1. The van der Waals surface area contributed by atoms with Crippen LogP contribution in [0.1, 0.15) is 20.8 Å². The van der Waals surface area contributed by atoms with Gasteiger partial charge in [-0.2, -0.15) is 0 Å². The lowest BCUT2D eigenvalue weighted by atomic mass is 9.93. The first-order valence-corrected chi connectivity index (χ1v) is 4.88. The van der Waals surface area contributed by atoms with Crippen LogP contribution in [-0.2, 0) is 0 Å². The van der Waals surface area contributed by atoms with Gasteiger partial charge in [-0.25, -0.2) is 4.39 Å². The third-order valence-corrected chi connectivity index (χ3v) is 3.44. The summed E-state index contributed by atoms with van der Waals surface area (Å²) in [6.07, 6.45) is 3.22. The van der Waals surface area contributed by atoms with Gasteiger partial charge in [0, 0.05) is 12.0 Å². The monoisotopic (exact) mass is 283 g/mol. The van der Waals surface area contributed by atoms with Crippen LogP contribution < -0.4 is 5.73 Å². The summed E-state index contributed by atoms with van der Waals surface area (Å²) in [7, 11) is 0. The van der Waals surface area contributed by atoms with E-state index in [1.807, 2.05) is 13.8 Å². The van der Waals surface area contributed by atoms with Crippen LogP contribution in [0.4, 0.5) is 4.39 Å². The Morgan fingerprint density at radius 3 is 2.33 bits per heavy atom. The maximum atomic E-state index is 12.3. The van der Waals surface area contributed by atoms with Crippen molar-refractivity contribution in [2.75, 3.05) is 6.54 Å². The Labute approximate surface area is 87.0 Å². The van der Waals surface area contributed by atoms with Crippen molar-refractivity contribution >= 4 is 22.6 Å². The van der Waals surface area contributed by atoms with Gasteiger partial charge in [-0.1, -0.05) is 13.8 Å². The van der Waals surface area contributed by atoms with E-state index in [1.165, 1.54) is 13.0 Å². The molecule has 0 rings (SSSR count). The number of hydrogen-bond donors (Lipinski definition) is 1. The maximum absolute atomic E-state index is 12.3. The molecule has 0 amide bonds. The molecule has 0 fully saturated rings. The van der Waals surface area contributed by atoms with Gasteiger partial charge in [0.2, 0.25) is 0 Å². The fourth-order valence-electron chi connectivity index (χ4n) is 0.511. The fourth-order valence-corrected chi connectivity index (χ4v) is 0.911. The summed E-state index contributed by atoms with van der Waals surface area (Å²) >= 11 is 2.19. The summed E-state index contributed by atoms with van der Waals surface area (Å²) in [6, 6.07) is 0. The van der Waals surface area contributed by atoms with Crippen LogP contribution >= 0.6 is 22.6 Å². The highest BCUT2D eigenvalue weighted by Crippen LogP contribution is 2.30. The third-order valence-electron chi connectivity index (χ3n) is 1.62. The molecule has 0 atom stereocenters. The fraction of sp³-hybridized carbons (Fsp3) is 0.556. The molecule has 70 valence electrons. The topological polar surface area (TPSA) is 26.0 Å². The van der Waals surface area contributed by atoms with E-state index >= 15 is 0 Å². The number of allylic oxidation sites excluding steroid dienone is 3. The van der Waals surface area contributed by atoms with Crippen molar-refractivity contribution in [2.45, 2.75) is 20.8 Å². The van der Waals surface area contributed by atoms with Crippen LogP contribution in [0.2, 0.25) is 0 Å². The molecule has 2 N–H and O–H groups in total. The SMILES string of the molecule is C/C(F)=C\C=C(/I)C(C)(C)CN. The second kappa shape index (κ2) is 4.97. The van der Waals surface area contributed by atoms with Crippen LogP contribution in [-0.4, -0.2) is 6.54 Å². The van der Waals surface area contributed by atoms with Gasteiger partial charge >= 0.3 is 0 Å². The van der Waals surface area contributed by atoms with Crippen molar-refractivity contribution < 1.29 is 4.39 Å². The van der Waals surface area contributed by atoms with Crippen LogP contribution in [0, 0.1) is 5.41 Å². The first-order valence-electron chi connectivity index (χ1n) is 3.80. The molecule has 0 unspecified atom stereocenters. The van der Waals surface area contributed by atoms with Crippen LogP contribution in [0.25, 0.3) is 0 Å². The molecule has 0 aromatic carbocycles. The van der Waals surface area contributed by atoms with E-state index in [-0.39, 0.29) is 11.2 Å². The van der Waals surface area contributed by atoms with Gasteiger partial charge in [-0.05, 0) is 45.2 Å². The van der Waals surface area contributed by atoms with E-state index in [9.17, 15) is 4.39 Å². The van der Waals surface area contributed by atoms with Gasteiger partial charge in [0.15, 0.2) is 0 Å². The van der Waals surface area contributed by atoms with E-state index in [0.717, 1.165) is 3.58 Å². The van der Waals surface area contributed by atoms with E-state index in [1.54, 1.807) is 6.08 Å². The summed E-state index contributed by atoms with van der Waals surface area (Å²) in [5.41, 5.74) is 5.50. The highest BCUT2D eigenvalue weighted by molar-refractivity contribution is 14.1. The van der Waals surface area contributed by atoms with Gasteiger partial charge in [-0.15, -0.1) is 0 Å². The Morgan fingerprint density at radius 2 is 2.00 bits per heavy atom. The highest BCUT2D eigenvalue weighted by Gasteiger charge is 2.18. The minimum Gasteiger partial charge on any atom is -0.330 e. The van der Waals surface area contributed by atoms with Gasteiger partial charge in [0.1, 0.15) is 0 Å². The Balaban J connectivity index is 4.48. The largest absolute Gasteiger partial charge is 0.330 e. The Bertz CT molecular complexity index is 203. The van der Waals surface area contributed by atoms with E-state index in [2.05, 4.69) is 22.6 Å². The molecule has 0 aliphatic heterocycles. The van der Waals surface area contributed by atoms with Crippen molar-refractivity contribution in [3.63, 3.8) is 0 Å². The summed E-state index contributed by atoms with van der Waals surface area (Å²) in [6.45, 7) is 6.07. The molecular weight excluding hydrogens is 268 g/mol. The zero-order valence-corrected chi connectivity index (χ0v) is 9.85. The lowest BCUT2D eigenvalue weighted by molar-refractivity contribution is 0.490. The molecule has 0 bridgehead atoms. The predicted molar refractivity (Wildman–Crippen MR) is 59.8 cm³/mol. The molecule has 0 saturated carbocycles. The quantitative estimate of drug-likeness (QED) is 0.625. The summed E-state index contributed by atoms with van der Waals surface area (Å²) in [4.78, 5) is 0. The molecule has 0 aliphatic carbocycles. The average molecular weight is 283 g/mol. The number of halogens is 2. The van der Waals surface area contributed by atoms with Crippen molar-refractivity contribution in [2.24, 2.45) is 11.1 Å². The zero-order valence-electron chi connectivity index (χ0n) is 7.70. The standard InChI is InChI=1S/C9H15FIN/c1-7(10)4-5-8(11)9(2,3)6-12/h4-5H,6,12H2,1-3H3/b7-4+,8-5-. The molecule has 3 heteroatoms. The predicted octanol–water partition coefficient (Wildman–Crippen LogP) is 3.16. The number of hydrogen-bond acceptors (Lipinski definition) is 1. The van der Waals surface area contributed by atoms with Crippen molar-refractivity contribution in [1.29, 1.82) is 0 Å². The van der Waals surface area contributed by atoms with Gasteiger partial charge in [0.05, 0.1) is 5.83 Å². The van der Waals surface area contributed by atoms with Gasteiger partial charge in [0.25, 0.3) is 0 Å². The first kappa shape index (κ1) is 12.1. The molecule has 0 spiro atoms. The van der Waals surface area contributed by atoms with Crippen LogP contribution in [0.15, 0.2) is 21.6 Å². The normalized spacial score (nSPS) is 15.2. The Morgan fingerprint density at radius 1 is 1.50 bits per heavy atom. The zero-order chi connectivity index (χ0) is 9.78. The summed E-state index contributed by atoms with van der Waals surface area (Å²) in [5.74, 6) is -0.183. The van der Waals surface area contributed by atoms with E-state index in [4.69, 9.17) is 5.73 Å². The Kier molecular flexibility index (Phi) is 5.01. The molecule has 0 radical (unpaired) electrons. The highest BCUT2D eigenvalue weighted by atomic mass is 127. The second-order valence-electron chi connectivity index (χ2n) is 3.36. The smallest absolute Gasteiger partial charge is 0.0968 e. The van der Waals surface area contributed by atoms with Crippen molar-refractivity contribution in [3.05, 3.63) is 21.6 Å². The minimum atomic E-state index is -0.183.